The summed E-state index contributed by atoms with van der Waals surface area (Å²) in [6, 6.07) is 67.0. The third kappa shape index (κ3) is 5.19. The van der Waals surface area contributed by atoms with Gasteiger partial charge in [-0.05, 0) is 116 Å². The molecule has 10 aromatic rings. The molecule has 10 rings (SSSR count). The summed E-state index contributed by atoms with van der Waals surface area (Å²) >= 11 is 0. The minimum Gasteiger partial charge on any atom is -0.454 e. The van der Waals surface area contributed by atoms with Gasteiger partial charge in [-0.25, -0.2) is 0 Å². The van der Waals surface area contributed by atoms with Crippen LogP contribution in [-0.2, 0) is 0 Å². The molecule has 2 aromatic heterocycles. The van der Waals surface area contributed by atoms with Crippen molar-refractivity contribution in [3.63, 3.8) is 0 Å². The van der Waals surface area contributed by atoms with Gasteiger partial charge in [-0.3, -0.25) is 4.98 Å². The number of pyridine rings is 1. The van der Waals surface area contributed by atoms with E-state index >= 15 is 0 Å². The molecule has 0 atom stereocenters. The van der Waals surface area contributed by atoms with E-state index in [0.29, 0.717) is 0 Å². The van der Waals surface area contributed by atoms with Gasteiger partial charge in [0, 0.05) is 23.3 Å². The van der Waals surface area contributed by atoms with Crippen LogP contribution in [0.25, 0.3) is 77.0 Å². The number of aromatic nitrogens is 1. The SMILES string of the molecule is c1ccc(-c2cccc(N(c3ccc(-c4ccc5ccc6oc7cccnc7c6c5c4)cc3)c3ccc(-c4cccc5ccccc45)cc3)c2)cc1. The summed E-state index contributed by atoms with van der Waals surface area (Å²) < 4.78 is 6.15. The topological polar surface area (TPSA) is 29.3 Å². The molecule has 0 bridgehead atoms. The van der Waals surface area contributed by atoms with Crippen molar-refractivity contribution in [2.24, 2.45) is 0 Å². The monoisotopic (exact) mass is 664 g/mol. The molecule has 8 aromatic carbocycles. The van der Waals surface area contributed by atoms with Crippen molar-refractivity contribution in [3.05, 3.63) is 194 Å². The van der Waals surface area contributed by atoms with E-state index in [1.807, 2.05) is 24.4 Å². The average molecular weight is 665 g/mol. The lowest BCUT2D eigenvalue weighted by Crippen LogP contribution is -2.10. The molecule has 0 fully saturated rings. The second-order valence-corrected chi connectivity index (χ2v) is 13.2. The smallest absolute Gasteiger partial charge is 0.153 e. The first-order valence-corrected chi connectivity index (χ1v) is 17.6. The summed E-state index contributed by atoms with van der Waals surface area (Å²) in [5.41, 5.74) is 12.9. The number of hydrogen-bond donors (Lipinski definition) is 0. The molecule has 3 nitrogen and oxygen atoms in total. The van der Waals surface area contributed by atoms with Crippen LogP contribution in [0.5, 0.6) is 0 Å². The highest BCUT2D eigenvalue weighted by Crippen LogP contribution is 2.40. The molecule has 0 saturated carbocycles. The molecular formula is C49H32N2O. The van der Waals surface area contributed by atoms with E-state index in [0.717, 1.165) is 61.0 Å². The Morgan fingerprint density at radius 1 is 0.385 bits per heavy atom. The molecule has 52 heavy (non-hydrogen) atoms. The fourth-order valence-electron chi connectivity index (χ4n) is 7.56. The third-order valence-electron chi connectivity index (χ3n) is 10.1. The number of furan rings is 1. The molecule has 0 unspecified atom stereocenters. The van der Waals surface area contributed by atoms with Gasteiger partial charge in [0.05, 0.1) is 5.39 Å². The minimum atomic E-state index is 0.807. The Balaban J connectivity index is 1.07. The van der Waals surface area contributed by atoms with Crippen LogP contribution >= 0.6 is 0 Å². The molecule has 0 aliphatic heterocycles. The highest BCUT2D eigenvalue weighted by Gasteiger charge is 2.16. The molecule has 0 aliphatic rings. The Morgan fingerprint density at radius 3 is 1.87 bits per heavy atom. The van der Waals surface area contributed by atoms with Crippen LogP contribution in [0, 0.1) is 0 Å². The second kappa shape index (κ2) is 12.4. The summed E-state index contributed by atoms with van der Waals surface area (Å²) in [5.74, 6) is 0. The van der Waals surface area contributed by atoms with Gasteiger partial charge in [0.1, 0.15) is 11.1 Å². The van der Waals surface area contributed by atoms with E-state index in [2.05, 4.69) is 180 Å². The van der Waals surface area contributed by atoms with Crippen molar-refractivity contribution in [2.75, 3.05) is 4.90 Å². The zero-order valence-corrected chi connectivity index (χ0v) is 28.3. The van der Waals surface area contributed by atoms with Gasteiger partial charge in [0.15, 0.2) is 5.58 Å². The number of anilines is 3. The summed E-state index contributed by atoms with van der Waals surface area (Å²) in [4.78, 5) is 7.02. The molecular weight excluding hydrogens is 633 g/mol. The molecule has 3 heteroatoms. The van der Waals surface area contributed by atoms with Crippen molar-refractivity contribution in [3.8, 4) is 33.4 Å². The Kier molecular flexibility index (Phi) is 7.14. The summed E-state index contributed by atoms with van der Waals surface area (Å²) in [6.45, 7) is 0. The van der Waals surface area contributed by atoms with Crippen LogP contribution in [0.15, 0.2) is 199 Å². The largest absolute Gasteiger partial charge is 0.454 e. The van der Waals surface area contributed by atoms with Crippen molar-refractivity contribution in [1.82, 2.24) is 4.98 Å². The third-order valence-corrected chi connectivity index (χ3v) is 10.1. The van der Waals surface area contributed by atoms with Gasteiger partial charge >= 0.3 is 0 Å². The molecule has 2 heterocycles. The predicted octanol–water partition coefficient (Wildman–Crippen LogP) is 13.8. The maximum atomic E-state index is 6.15. The molecule has 0 aliphatic carbocycles. The maximum absolute atomic E-state index is 6.15. The van der Waals surface area contributed by atoms with E-state index in [1.54, 1.807) is 0 Å². The number of benzene rings is 8. The van der Waals surface area contributed by atoms with E-state index in [-0.39, 0.29) is 0 Å². The quantitative estimate of drug-likeness (QED) is 0.177. The fourth-order valence-corrected chi connectivity index (χ4v) is 7.56. The van der Waals surface area contributed by atoms with E-state index in [4.69, 9.17) is 4.42 Å². The van der Waals surface area contributed by atoms with Crippen molar-refractivity contribution in [1.29, 1.82) is 0 Å². The average Bonchev–Trinajstić information content (AvgIpc) is 3.61. The Hall–Kier alpha value is -6.97. The first kappa shape index (κ1) is 29.9. The normalized spacial score (nSPS) is 11.5. The molecule has 0 radical (unpaired) electrons. The summed E-state index contributed by atoms with van der Waals surface area (Å²) in [6.07, 6.45) is 1.83. The van der Waals surface area contributed by atoms with Crippen LogP contribution in [0.3, 0.4) is 0 Å². The summed E-state index contributed by atoms with van der Waals surface area (Å²) in [5, 5.41) is 5.87. The lowest BCUT2D eigenvalue weighted by atomic mass is 9.97. The standard InChI is InChI=1S/C49H32N2O/c1-2-9-33(10-3-1)38-13-6-14-42(31-38)51(41-27-22-36(23-28-41)44-16-7-12-35-11-4-5-15-43(35)44)40-25-20-34(21-26-40)39-19-18-37-24-29-46-48(45(37)32-39)49-47(52-46)17-8-30-50-49/h1-32H. The Labute approximate surface area is 301 Å². The molecule has 0 saturated heterocycles. The molecule has 244 valence electrons. The Morgan fingerprint density at radius 2 is 1.02 bits per heavy atom. The van der Waals surface area contributed by atoms with Gasteiger partial charge in [0.2, 0.25) is 0 Å². The molecule has 0 N–H and O–H groups in total. The van der Waals surface area contributed by atoms with E-state index in [1.165, 1.54) is 33.0 Å². The van der Waals surface area contributed by atoms with E-state index < -0.39 is 0 Å². The van der Waals surface area contributed by atoms with Crippen LogP contribution in [-0.4, -0.2) is 4.98 Å². The van der Waals surface area contributed by atoms with Crippen LogP contribution < -0.4 is 4.90 Å². The van der Waals surface area contributed by atoms with Crippen LogP contribution in [0.1, 0.15) is 0 Å². The zero-order chi connectivity index (χ0) is 34.4. The van der Waals surface area contributed by atoms with Crippen molar-refractivity contribution < 1.29 is 4.42 Å². The first-order valence-electron chi connectivity index (χ1n) is 17.6. The zero-order valence-electron chi connectivity index (χ0n) is 28.3. The highest BCUT2D eigenvalue weighted by molar-refractivity contribution is 6.18. The van der Waals surface area contributed by atoms with Crippen molar-refractivity contribution >= 4 is 60.7 Å². The number of fused-ring (bicyclic) bond motifs is 6. The minimum absolute atomic E-state index is 0.807. The van der Waals surface area contributed by atoms with Gasteiger partial charge in [0.25, 0.3) is 0 Å². The fraction of sp³-hybridized carbons (Fsp3) is 0. The predicted molar refractivity (Wildman–Crippen MR) is 218 cm³/mol. The molecule has 0 spiro atoms. The lowest BCUT2D eigenvalue weighted by molar-refractivity contribution is 0.668. The Bertz CT molecular complexity index is 2880. The summed E-state index contributed by atoms with van der Waals surface area (Å²) in [7, 11) is 0. The van der Waals surface area contributed by atoms with E-state index in [9.17, 15) is 0 Å². The number of hydrogen-bond acceptors (Lipinski definition) is 3. The second-order valence-electron chi connectivity index (χ2n) is 13.2. The van der Waals surface area contributed by atoms with Crippen LogP contribution in [0.4, 0.5) is 17.1 Å². The van der Waals surface area contributed by atoms with Gasteiger partial charge in [-0.15, -0.1) is 0 Å². The van der Waals surface area contributed by atoms with Gasteiger partial charge < -0.3 is 9.32 Å². The number of rotatable bonds is 6. The highest BCUT2D eigenvalue weighted by atomic mass is 16.3. The molecule has 0 amide bonds. The van der Waals surface area contributed by atoms with Gasteiger partial charge in [-0.2, -0.15) is 0 Å². The first-order chi connectivity index (χ1) is 25.8. The van der Waals surface area contributed by atoms with Gasteiger partial charge in [-0.1, -0.05) is 127 Å². The maximum Gasteiger partial charge on any atom is 0.153 e. The van der Waals surface area contributed by atoms with Crippen molar-refractivity contribution in [2.45, 2.75) is 0 Å². The lowest BCUT2D eigenvalue weighted by Gasteiger charge is -2.26. The number of nitrogens with zero attached hydrogens (tertiary/aromatic N) is 2. The van der Waals surface area contributed by atoms with Crippen LogP contribution in [0.2, 0.25) is 0 Å².